The van der Waals surface area contributed by atoms with Crippen LogP contribution in [0.5, 0.6) is 0 Å². The Kier molecular flexibility index (Phi) is 7.59. The molecule has 0 aromatic heterocycles. The number of likely N-dealkylation sites (N-methyl/N-ethyl adjacent to an activating group) is 1. The zero-order valence-corrected chi connectivity index (χ0v) is 14.9. The van der Waals surface area contributed by atoms with E-state index in [4.69, 9.17) is 10.5 Å². The number of hydrogen-bond donors (Lipinski definition) is 2. The summed E-state index contributed by atoms with van der Waals surface area (Å²) in [5.74, 6) is 0. The number of carbonyl (C=O) groups is 1. The predicted molar refractivity (Wildman–Crippen MR) is 90.0 cm³/mol. The van der Waals surface area contributed by atoms with Gasteiger partial charge in [0.1, 0.15) is 5.60 Å². The predicted octanol–water partition coefficient (Wildman–Crippen LogP) is 1.25. The minimum atomic E-state index is -0.457. The van der Waals surface area contributed by atoms with Crippen LogP contribution in [-0.4, -0.2) is 73.3 Å². The van der Waals surface area contributed by atoms with E-state index in [9.17, 15) is 4.79 Å². The van der Waals surface area contributed by atoms with E-state index < -0.39 is 5.60 Å². The Balaban J connectivity index is 2.42. The minimum absolute atomic E-state index is 0.302. The highest BCUT2D eigenvalue weighted by molar-refractivity contribution is 5.67. The van der Waals surface area contributed by atoms with E-state index in [-0.39, 0.29) is 6.09 Å². The maximum atomic E-state index is 11.7. The molecule has 1 saturated heterocycles. The number of ether oxygens (including phenoxy) is 1. The molecule has 6 heteroatoms. The first-order valence-electron chi connectivity index (χ1n) is 8.34. The molecule has 22 heavy (non-hydrogen) atoms. The first-order valence-corrected chi connectivity index (χ1v) is 8.34. The van der Waals surface area contributed by atoms with Crippen LogP contribution in [0.15, 0.2) is 0 Å². The Morgan fingerprint density at radius 1 is 1.41 bits per heavy atom. The average molecular weight is 314 g/mol. The van der Waals surface area contributed by atoms with E-state index in [1.54, 1.807) is 0 Å². The molecule has 6 nitrogen and oxygen atoms in total. The second-order valence-electron chi connectivity index (χ2n) is 7.31. The van der Waals surface area contributed by atoms with Gasteiger partial charge in [0.25, 0.3) is 0 Å². The molecule has 1 heterocycles. The van der Waals surface area contributed by atoms with Gasteiger partial charge in [0.2, 0.25) is 0 Å². The summed E-state index contributed by atoms with van der Waals surface area (Å²) in [6.45, 7) is 12.3. The lowest BCUT2D eigenvalue weighted by Crippen LogP contribution is -2.49. The molecule has 1 fully saturated rings. The fourth-order valence-corrected chi connectivity index (χ4v) is 3.01. The zero-order chi connectivity index (χ0) is 16.8. The Morgan fingerprint density at radius 2 is 2.09 bits per heavy atom. The number of nitrogens with two attached hydrogens (primary N) is 1. The largest absolute Gasteiger partial charge is 0.444 e. The molecule has 0 radical (unpaired) electrons. The fraction of sp³-hybridized carbons (Fsp3) is 0.938. The van der Waals surface area contributed by atoms with Crippen molar-refractivity contribution < 1.29 is 9.53 Å². The standard InChI is InChI=1S/C16H34N4O2/c1-13-12-19(5)9-6-10-20(13)14(11-17)7-8-18-15(21)22-16(2,3)4/h13-14H,6-12,17H2,1-5H3,(H,18,21). The van der Waals surface area contributed by atoms with E-state index in [1.165, 1.54) is 0 Å². The molecule has 0 saturated carbocycles. The first-order chi connectivity index (χ1) is 10.2. The van der Waals surface area contributed by atoms with E-state index in [0.29, 0.717) is 25.2 Å². The number of carbonyl (C=O) groups excluding carboxylic acids is 1. The third-order valence-electron chi connectivity index (χ3n) is 3.99. The Labute approximate surface area is 135 Å². The summed E-state index contributed by atoms with van der Waals surface area (Å²) in [5.41, 5.74) is 5.51. The fourth-order valence-electron chi connectivity index (χ4n) is 3.01. The van der Waals surface area contributed by atoms with Crippen LogP contribution in [0.1, 0.15) is 40.5 Å². The minimum Gasteiger partial charge on any atom is -0.444 e. The summed E-state index contributed by atoms with van der Waals surface area (Å²) in [7, 11) is 2.17. The van der Waals surface area contributed by atoms with Gasteiger partial charge in [0.15, 0.2) is 0 Å². The topological polar surface area (TPSA) is 70.8 Å². The van der Waals surface area contributed by atoms with Crippen molar-refractivity contribution in [3.63, 3.8) is 0 Å². The first kappa shape index (κ1) is 19.2. The second kappa shape index (κ2) is 8.70. The molecule has 0 aromatic rings. The van der Waals surface area contributed by atoms with Crippen LogP contribution in [0.4, 0.5) is 4.79 Å². The molecule has 0 spiro atoms. The summed E-state index contributed by atoms with van der Waals surface area (Å²) in [6.07, 6.45) is 1.66. The van der Waals surface area contributed by atoms with Crippen molar-refractivity contribution in [2.75, 3.05) is 39.8 Å². The molecule has 1 amide bonds. The lowest BCUT2D eigenvalue weighted by Gasteiger charge is -2.35. The van der Waals surface area contributed by atoms with Crippen molar-refractivity contribution in [3.05, 3.63) is 0 Å². The number of rotatable bonds is 5. The maximum absolute atomic E-state index is 11.7. The van der Waals surface area contributed by atoms with Crippen molar-refractivity contribution in [1.82, 2.24) is 15.1 Å². The number of amides is 1. The molecular formula is C16H34N4O2. The summed E-state index contributed by atoms with van der Waals surface area (Å²) in [6, 6.07) is 0.791. The number of hydrogen-bond acceptors (Lipinski definition) is 5. The number of nitrogens with one attached hydrogen (secondary N) is 1. The van der Waals surface area contributed by atoms with Gasteiger partial charge in [-0.05, 0) is 54.1 Å². The van der Waals surface area contributed by atoms with Crippen LogP contribution < -0.4 is 11.1 Å². The molecule has 3 N–H and O–H groups in total. The molecule has 1 aliphatic rings. The van der Waals surface area contributed by atoms with Crippen LogP contribution >= 0.6 is 0 Å². The highest BCUT2D eigenvalue weighted by Crippen LogP contribution is 2.14. The molecular weight excluding hydrogens is 280 g/mol. The van der Waals surface area contributed by atoms with Crippen molar-refractivity contribution in [1.29, 1.82) is 0 Å². The SMILES string of the molecule is CC1CN(C)CCCN1C(CN)CCNC(=O)OC(C)(C)C. The molecule has 2 unspecified atom stereocenters. The van der Waals surface area contributed by atoms with Crippen molar-refractivity contribution >= 4 is 6.09 Å². The molecule has 1 rings (SSSR count). The highest BCUT2D eigenvalue weighted by Gasteiger charge is 2.25. The van der Waals surface area contributed by atoms with Gasteiger partial charge in [-0.15, -0.1) is 0 Å². The van der Waals surface area contributed by atoms with Crippen LogP contribution in [0.3, 0.4) is 0 Å². The number of nitrogens with zero attached hydrogens (tertiary/aromatic N) is 2. The third-order valence-corrected chi connectivity index (χ3v) is 3.99. The summed E-state index contributed by atoms with van der Waals surface area (Å²) >= 11 is 0. The van der Waals surface area contributed by atoms with Gasteiger partial charge < -0.3 is 20.7 Å². The number of alkyl carbamates (subject to hydrolysis) is 1. The molecule has 0 aliphatic carbocycles. The quantitative estimate of drug-likeness (QED) is 0.799. The molecule has 0 aromatic carbocycles. The lowest BCUT2D eigenvalue weighted by molar-refractivity contribution is 0.0519. The molecule has 2 atom stereocenters. The van der Waals surface area contributed by atoms with E-state index >= 15 is 0 Å². The summed E-state index contributed by atoms with van der Waals surface area (Å²) in [4.78, 5) is 16.5. The van der Waals surface area contributed by atoms with Gasteiger partial charge in [-0.2, -0.15) is 0 Å². The van der Waals surface area contributed by atoms with Crippen LogP contribution in [-0.2, 0) is 4.74 Å². The third kappa shape index (κ3) is 6.94. The summed E-state index contributed by atoms with van der Waals surface area (Å²) in [5, 5.41) is 2.83. The monoisotopic (exact) mass is 314 g/mol. The zero-order valence-electron chi connectivity index (χ0n) is 14.9. The Hall–Kier alpha value is -0.850. The smallest absolute Gasteiger partial charge is 0.407 e. The highest BCUT2D eigenvalue weighted by atomic mass is 16.6. The molecule has 1 aliphatic heterocycles. The van der Waals surface area contributed by atoms with Crippen LogP contribution in [0.25, 0.3) is 0 Å². The van der Waals surface area contributed by atoms with E-state index in [0.717, 1.165) is 32.5 Å². The van der Waals surface area contributed by atoms with Gasteiger partial charge in [0, 0.05) is 38.3 Å². The van der Waals surface area contributed by atoms with Gasteiger partial charge in [-0.1, -0.05) is 0 Å². The van der Waals surface area contributed by atoms with Crippen molar-refractivity contribution in [2.24, 2.45) is 5.73 Å². The van der Waals surface area contributed by atoms with Crippen molar-refractivity contribution in [2.45, 2.75) is 58.2 Å². The van der Waals surface area contributed by atoms with Crippen LogP contribution in [0, 0.1) is 0 Å². The molecule has 130 valence electrons. The maximum Gasteiger partial charge on any atom is 0.407 e. The van der Waals surface area contributed by atoms with E-state index in [1.807, 2.05) is 20.8 Å². The van der Waals surface area contributed by atoms with Crippen molar-refractivity contribution in [3.8, 4) is 0 Å². The van der Waals surface area contributed by atoms with Crippen LogP contribution in [0.2, 0.25) is 0 Å². The summed E-state index contributed by atoms with van der Waals surface area (Å²) < 4.78 is 5.25. The molecule has 0 bridgehead atoms. The Bertz CT molecular complexity index is 344. The van der Waals surface area contributed by atoms with Gasteiger partial charge in [-0.3, -0.25) is 4.90 Å². The van der Waals surface area contributed by atoms with Gasteiger partial charge in [-0.25, -0.2) is 4.79 Å². The van der Waals surface area contributed by atoms with Gasteiger partial charge in [0.05, 0.1) is 0 Å². The van der Waals surface area contributed by atoms with Gasteiger partial charge >= 0.3 is 6.09 Å². The lowest BCUT2D eigenvalue weighted by atomic mass is 10.1. The average Bonchev–Trinajstić information content (AvgIpc) is 2.54. The normalized spacial score (nSPS) is 22.9. The Morgan fingerprint density at radius 3 is 2.68 bits per heavy atom. The second-order valence-corrected chi connectivity index (χ2v) is 7.31. The van der Waals surface area contributed by atoms with E-state index in [2.05, 4.69) is 29.1 Å².